The van der Waals surface area contributed by atoms with Crippen LogP contribution in [0, 0.1) is 13.8 Å². The molecule has 3 N–H and O–H groups in total. The van der Waals surface area contributed by atoms with Crippen molar-refractivity contribution in [2.24, 2.45) is 0 Å². The highest BCUT2D eigenvalue weighted by molar-refractivity contribution is 5.92. The Labute approximate surface area is 143 Å². The molecule has 2 aromatic rings. The lowest BCUT2D eigenvalue weighted by molar-refractivity contribution is -0.999. The number of para-hydroxylation sites is 1. The second kappa shape index (κ2) is 7.15. The van der Waals surface area contributed by atoms with Crippen LogP contribution in [-0.4, -0.2) is 55.5 Å². The van der Waals surface area contributed by atoms with E-state index < -0.39 is 0 Å². The fourth-order valence-electron chi connectivity index (χ4n) is 3.26. The quantitative estimate of drug-likeness (QED) is 0.663. The van der Waals surface area contributed by atoms with Crippen LogP contribution in [0.2, 0.25) is 0 Å². The lowest BCUT2D eigenvalue weighted by atomic mass is 10.2. The Kier molecular flexibility index (Phi) is 4.97. The predicted octanol–water partition coefficient (Wildman–Crippen LogP) is -1.16. The van der Waals surface area contributed by atoms with Gasteiger partial charge in [0.05, 0.1) is 29.8 Å². The molecule has 1 aliphatic heterocycles. The van der Waals surface area contributed by atoms with Gasteiger partial charge in [-0.3, -0.25) is 4.79 Å². The van der Waals surface area contributed by atoms with Gasteiger partial charge < -0.3 is 15.1 Å². The van der Waals surface area contributed by atoms with Gasteiger partial charge in [-0.1, -0.05) is 18.2 Å². The summed E-state index contributed by atoms with van der Waals surface area (Å²) in [4.78, 5) is 15.4. The van der Waals surface area contributed by atoms with Crippen LogP contribution in [0.3, 0.4) is 0 Å². The van der Waals surface area contributed by atoms with Crippen LogP contribution >= 0.6 is 0 Å². The molecule has 0 aliphatic carbocycles. The van der Waals surface area contributed by atoms with Crippen molar-refractivity contribution in [2.75, 3.05) is 45.1 Å². The number of carbonyl (C=O) groups excluding carboxylic acids is 1. The predicted molar refractivity (Wildman–Crippen MR) is 93.9 cm³/mol. The smallest absolute Gasteiger partial charge is 0.279 e. The van der Waals surface area contributed by atoms with Gasteiger partial charge in [-0.25, -0.2) is 4.68 Å². The number of aryl methyl sites for hydroxylation is 1. The molecule has 0 unspecified atom stereocenters. The molecule has 6 heteroatoms. The van der Waals surface area contributed by atoms with E-state index in [0.717, 1.165) is 48.9 Å². The molecule has 0 radical (unpaired) electrons. The Morgan fingerprint density at radius 3 is 2.50 bits per heavy atom. The van der Waals surface area contributed by atoms with E-state index in [-0.39, 0.29) is 5.91 Å². The minimum absolute atomic E-state index is 0.0726. The number of hydrogen-bond acceptors (Lipinski definition) is 2. The number of rotatable bonds is 4. The molecule has 0 saturated carbocycles. The summed E-state index contributed by atoms with van der Waals surface area (Å²) in [7, 11) is 2.21. The SMILES string of the molecule is Cc1nn(-c2ccccc2)c(C)c1NC(=O)C[NH+]1CC[NH+](C)CC1. The second-order valence-electron chi connectivity index (χ2n) is 6.73. The number of amides is 1. The molecule has 1 aromatic heterocycles. The van der Waals surface area contributed by atoms with Crippen molar-refractivity contribution in [1.29, 1.82) is 0 Å². The monoisotopic (exact) mass is 329 g/mol. The highest BCUT2D eigenvalue weighted by atomic mass is 16.2. The fourth-order valence-corrected chi connectivity index (χ4v) is 3.26. The van der Waals surface area contributed by atoms with E-state index in [1.54, 1.807) is 4.90 Å². The molecular weight excluding hydrogens is 302 g/mol. The lowest BCUT2D eigenvalue weighted by Crippen LogP contribution is -3.27. The van der Waals surface area contributed by atoms with Gasteiger partial charge in [0.25, 0.3) is 5.91 Å². The van der Waals surface area contributed by atoms with Crippen molar-refractivity contribution in [1.82, 2.24) is 9.78 Å². The largest absolute Gasteiger partial charge is 0.328 e. The Morgan fingerprint density at radius 1 is 1.17 bits per heavy atom. The van der Waals surface area contributed by atoms with Gasteiger partial charge in [0, 0.05) is 0 Å². The molecule has 0 atom stereocenters. The lowest BCUT2D eigenvalue weighted by Gasteiger charge is -2.26. The van der Waals surface area contributed by atoms with Crippen LogP contribution in [-0.2, 0) is 4.79 Å². The van der Waals surface area contributed by atoms with Gasteiger partial charge >= 0.3 is 0 Å². The third-order valence-electron chi connectivity index (χ3n) is 4.78. The van der Waals surface area contributed by atoms with Crippen molar-refractivity contribution >= 4 is 11.6 Å². The number of aromatic nitrogens is 2. The number of nitrogens with zero attached hydrogens (tertiary/aromatic N) is 2. The van der Waals surface area contributed by atoms with Crippen LogP contribution in [0.4, 0.5) is 5.69 Å². The maximum atomic E-state index is 12.4. The van der Waals surface area contributed by atoms with Crippen molar-refractivity contribution in [3.05, 3.63) is 41.7 Å². The number of hydrogen-bond donors (Lipinski definition) is 3. The maximum absolute atomic E-state index is 12.4. The molecule has 1 aliphatic rings. The summed E-state index contributed by atoms with van der Waals surface area (Å²) in [6, 6.07) is 9.99. The van der Waals surface area contributed by atoms with Crippen molar-refractivity contribution in [2.45, 2.75) is 13.8 Å². The molecule has 0 spiro atoms. The zero-order chi connectivity index (χ0) is 17.1. The van der Waals surface area contributed by atoms with Gasteiger partial charge in [0.15, 0.2) is 6.54 Å². The number of anilines is 1. The summed E-state index contributed by atoms with van der Waals surface area (Å²) < 4.78 is 1.89. The molecule has 1 aromatic carbocycles. The minimum atomic E-state index is 0.0726. The van der Waals surface area contributed by atoms with Crippen LogP contribution < -0.4 is 15.1 Å². The fraction of sp³-hybridized carbons (Fsp3) is 0.444. The summed E-state index contributed by atoms with van der Waals surface area (Å²) in [5.41, 5.74) is 3.65. The molecule has 24 heavy (non-hydrogen) atoms. The Morgan fingerprint density at radius 2 is 1.83 bits per heavy atom. The van der Waals surface area contributed by atoms with Crippen LogP contribution in [0.5, 0.6) is 0 Å². The minimum Gasteiger partial charge on any atom is -0.328 e. The third-order valence-corrected chi connectivity index (χ3v) is 4.78. The highest BCUT2D eigenvalue weighted by Crippen LogP contribution is 2.22. The summed E-state index contributed by atoms with van der Waals surface area (Å²) >= 11 is 0. The molecule has 2 heterocycles. The van der Waals surface area contributed by atoms with E-state index in [1.807, 2.05) is 48.9 Å². The molecule has 3 rings (SSSR count). The van der Waals surface area contributed by atoms with E-state index in [1.165, 1.54) is 4.90 Å². The first-order valence-electron chi connectivity index (χ1n) is 8.61. The molecule has 1 amide bonds. The number of likely N-dealkylation sites (N-methyl/N-ethyl adjacent to an activating group) is 1. The average Bonchev–Trinajstić information content (AvgIpc) is 2.86. The Bertz CT molecular complexity index is 702. The Hall–Kier alpha value is -2.18. The average molecular weight is 329 g/mol. The molecule has 1 fully saturated rings. The summed E-state index contributed by atoms with van der Waals surface area (Å²) in [5, 5.41) is 7.66. The van der Waals surface area contributed by atoms with Gasteiger partial charge in [-0.2, -0.15) is 5.10 Å². The molecule has 6 nitrogen and oxygen atoms in total. The summed E-state index contributed by atoms with van der Waals surface area (Å²) in [6.45, 7) is 8.84. The third kappa shape index (κ3) is 3.66. The second-order valence-corrected chi connectivity index (χ2v) is 6.73. The number of nitrogens with one attached hydrogen (secondary N) is 3. The van der Waals surface area contributed by atoms with Crippen molar-refractivity contribution in [3.63, 3.8) is 0 Å². The highest BCUT2D eigenvalue weighted by Gasteiger charge is 2.23. The van der Waals surface area contributed by atoms with Crippen LogP contribution in [0.15, 0.2) is 30.3 Å². The van der Waals surface area contributed by atoms with Gasteiger partial charge in [0.1, 0.15) is 26.2 Å². The normalized spacial score (nSPS) is 20.8. The van der Waals surface area contributed by atoms with Crippen LogP contribution in [0.1, 0.15) is 11.4 Å². The zero-order valence-corrected chi connectivity index (χ0v) is 14.7. The van der Waals surface area contributed by atoms with E-state index >= 15 is 0 Å². The van der Waals surface area contributed by atoms with Crippen molar-refractivity contribution in [3.8, 4) is 5.69 Å². The van der Waals surface area contributed by atoms with Gasteiger partial charge in [0.2, 0.25) is 0 Å². The zero-order valence-electron chi connectivity index (χ0n) is 14.7. The maximum Gasteiger partial charge on any atom is 0.279 e. The molecular formula is C18H27N5O+2. The van der Waals surface area contributed by atoms with Crippen LogP contribution in [0.25, 0.3) is 5.69 Å². The van der Waals surface area contributed by atoms with Gasteiger partial charge in [-0.15, -0.1) is 0 Å². The van der Waals surface area contributed by atoms with E-state index in [0.29, 0.717) is 6.54 Å². The van der Waals surface area contributed by atoms with E-state index in [4.69, 9.17) is 0 Å². The van der Waals surface area contributed by atoms with Crippen molar-refractivity contribution < 1.29 is 14.6 Å². The Balaban J connectivity index is 1.69. The van der Waals surface area contributed by atoms with E-state index in [9.17, 15) is 4.79 Å². The number of piperazine rings is 1. The standard InChI is InChI=1S/C18H25N5O/c1-14-18(15(2)23(20-14)16-7-5-4-6-8-16)19-17(24)13-22-11-9-21(3)10-12-22/h4-8H,9-13H2,1-3H3,(H,19,24)/p+2. The summed E-state index contributed by atoms with van der Waals surface area (Å²) in [5.74, 6) is 0.0726. The first-order valence-corrected chi connectivity index (χ1v) is 8.61. The first kappa shape index (κ1) is 16.7. The number of benzene rings is 1. The van der Waals surface area contributed by atoms with E-state index in [2.05, 4.69) is 17.5 Å². The topological polar surface area (TPSA) is 55.8 Å². The number of carbonyl (C=O) groups is 1. The first-order chi connectivity index (χ1) is 11.5. The molecule has 0 bridgehead atoms. The molecule has 1 saturated heterocycles. The molecule has 128 valence electrons. The van der Waals surface area contributed by atoms with Gasteiger partial charge in [-0.05, 0) is 26.0 Å². The number of quaternary nitrogens is 2. The summed E-state index contributed by atoms with van der Waals surface area (Å²) in [6.07, 6.45) is 0.